The molecular weight excluding hydrogens is 354 g/mol. The van der Waals surface area contributed by atoms with Gasteiger partial charge in [-0.05, 0) is 37.1 Å². The van der Waals surface area contributed by atoms with Gasteiger partial charge >= 0.3 is 0 Å². The second kappa shape index (κ2) is 8.40. The number of thiazole rings is 1. The summed E-state index contributed by atoms with van der Waals surface area (Å²) in [6.07, 6.45) is 6.37. The van der Waals surface area contributed by atoms with Crippen molar-refractivity contribution in [3.05, 3.63) is 45.6 Å². The number of nitrogens with one attached hydrogen (secondary N) is 1. The molecule has 0 radical (unpaired) electrons. The minimum Gasteiger partial charge on any atom is -0.351 e. The van der Waals surface area contributed by atoms with Crippen molar-refractivity contribution in [2.75, 3.05) is 18.0 Å². The van der Waals surface area contributed by atoms with Gasteiger partial charge in [0, 0.05) is 24.4 Å². The number of thiophene rings is 1. The lowest BCUT2D eigenvalue weighted by molar-refractivity contribution is -0.118. The first kappa shape index (κ1) is 17.8. The number of aryl methyl sites for hydroxylation is 2. The van der Waals surface area contributed by atoms with Crippen LogP contribution in [0, 0.1) is 0 Å². The number of fused-ring (bicyclic) bond motifs is 1. The van der Waals surface area contributed by atoms with Gasteiger partial charge in [-0.2, -0.15) is 0 Å². The zero-order valence-electron chi connectivity index (χ0n) is 14.0. The molecule has 0 bridgehead atoms. The molecule has 2 heterocycles. The van der Waals surface area contributed by atoms with Crippen LogP contribution >= 0.6 is 22.7 Å². The second-order valence-electron chi connectivity index (χ2n) is 5.85. The van der Waals surface area contributed by atoms with Gasteiger partial charge in [0.25, 0.3) is 5.91 Å². The minimum absolute atomic E-state index is 0.0440. The summed E-state index contributed by atoms with van der Waals surface area (Å²) in [7, 11) is 0. The normalized spacial score (nSPS) is 13.1. The zero-order valence-corrected chi connectivity index (χ0v) is 15.6. The van der Waals surface area contributed by atoms with E-state index in [9.17, 15) is 9.59 Å². The number of hydrogen-bond donors (Lipinski definition) is 1. The lowest BCUT2D eigenvalue weighted by atomic mass is 10.0. The predicted octanol–water partition coefficient (Wildman–Crippen LogP) is 3.42. The lowest BCUT2D eigenvalue weighted by Crippen LogP contribution is -2.34. The van der Waals surface area contributed by atoms with Gasteiger partial charge in [0.2, 0.25) is 5.91 Å². The molecule has 1 N–H and O–H groups in total. The van der Waals surface area contributed by atoms with Crippen LogP contribution in [0.5, 0.6) is 0 Å². The third kappa shape index (κ3) is 4.35. The van der Waals surface area contributed by atoms with Crippen molar-refractivity contribution in [2.45, 2.75) is 32.1 Å². The van der Waals surface area contributed by atoms with E-state index in [2.05, 4.69) is 16.9 Å². The van der Waals surface area contributed by atoms with Gasteiger partial charge in [0.1, 0.15) is 0 Å². The third-order valence-electron chi connectivity index (χ3n) is 4.05. The molecular formula is C18H21N3O2S2. The molecule has 0 aromatic carbocycles. The summed E-state index contributed by atoms with van der Waals surface area (Å²) in [5, 5.41) is 5.40. The van der Waals surface area contributed by atoms with Crippen molar-refractivity contribution < 1.29 is 9.59 Å². The molecule has 1 aliphatic carbocycles. The van der Waals surface area contributed by atoms with Gasteiger partial charge in [0.05, 0.1) is 10.6 Å². The zero-order chi connectivity index (χ0) is 17.6. The molecule has 0 unspecified atom stereocenters. The minimum atomic E-state index is -0.136. The molecule has 0 fully saturated rings. The molecule has 0 aliphatic heterocycles. The molecule has 0 spiro atoms. The van der Waals surface area contributed by atoms with E-state index in [1.165, 1.54) is 29.1 Å². The smallest absolute Gasteiger partial charge is 0.261 e. The van der Waals surface area contributed by atoms with Crippen molar-refractivity contribution in [1.82, 2.24) is 10.3 Å². The van der Waals surface area contributed by atoms with Crippen LogP contribution in [0.4, 0.5) is 5.13 Å². The Hall–Kier alpha value is -1.99. The Kier molecular flexibility index (Phi) is 5.99. The first-order chi connectivity index (χ1) is 12.2. The van der Waals surface area contributed by atoms with Crippen molar-refractivity contribution >= 4 is 39.6 Å². The molecule has 25 heavy (non-hydrogen) atoms. The van der Waals surface area contributed by atoms with Gasteiger partial charge in [-0.1, -0.05) is 12.1 Å². The second-order valence-corrected chi connectivity index (χ2v) is 7.86. The van der Waals surface area contributed by atoms with Crippen molar-refractivity contribution in [1.29, 1.82) is 0 Å². The fourth-order valence-corrected chi connectivity index (χ4v) is 4.60. The molecule has 0 atom stereocenters. The van der Waals surface area contributed by atoms with Crippen LogP contribution in [0.15, 0.2) is 30.2 Å². The van der Waals surface area contributed by atoms with Crippen molar-refractivity contribution in [3.63, 3.8) is 0 Å². The van der Waals surface area contributed by atoms with E-state index >= 15 is 0 Å². The van der Waals surface area contributed by atoms with Crippen LogP contribution in [-0.4, -0.2) is 29.9 Å². The third-order valence-corrected chi connectivity index (χ3v) is 6.10. The Morgan fingerprint density at radius 1 is 1.36 bits per heavy atom. The molecule has 1 aliphatic rings. The van der Waals surface area contributed by atoms with Crippen LogP contribution in [0.3, 0.4) is 0 Å². The Balaban J connectivity index is 1.60. The Morgan fingerprint density at radius 3 is 2.92 bits per heavy atom. The first-order valence-electron chi connectivity index (χ1n) is 8.40. The Morgan fingerprint density at radius 2 is 2.20 bits per heavy atom. The van der Waals surface area contributed by atoms with E-state index in [1.54, 1.807) is 28.4 Å². The average molecular weight is 376 g/mol. The number of hydrogen-bond acceptors (Lipinski definition) is 5. The number of nitrogens with zero attached hydrogens (tertiary/aromatic N) is 2. The van der Waals surface area contributed by atoms with E-state index in [4.69, 9.17) is 0 Å². The molecule has 0 saturated heterocycles. The molecule has 7 heteroatoms. The summed E-state index contributed by atoms with van der Waals surface area (Å²) >= 11 is 3.00. The highest BCUT2D eigenvalue weighted by Crippen LogP contribution is 2.32. The average Bonchev–Trinajstić information content (AvgIpc) is 3.28. The van der Waals surface area contributed by atoms with Crippen LogP contribution in [0.25, 0.3) is 0 Å². The van der Waals surface area contributed by atoms with Crippen LogP contribution in [-0.2, 0) is 17.6 Å². The van der Waals surface area contributed by atoms with E-state index in [0.29, 0.717) is 18.0 Å². The molecule has 2 aromatic rings. The maximum absolute atomic E-state index is 12.6. The predicted molar refractivity (Wildman–Crippen MR) is 103 cm³/mol. The van der Waals surface area contributed by atoms with Gasteiger partial charge in [0.15, 0.2) is 5.13 Å². The van der Waals surface area contributed by atoms with Crippen LogP contribution in [0.1, 0.15) is 39.5 Å². The topological polar surface area (TPSA) is 62.3 Å². The standard InChI is InChI=1S/C18H21N3O2S2/c1-2-11-21(18-20-13-6-3-4-7-14(13)25-18)16(22)9-10-19-17(23)15-8-5-12-24-15/h2,5,8,12H,1,3-4,6-7,9-11H2,(H,19,23). The monoisotopic (exact) mass is 375 g/mol. The highest BCUT2D eigenvalue weighted by atomic mass is 32.1. The van der Waals surface area contributed by atoms with Gasteiger partial charge in [-0.25, -0.2) is 4.98 Å². The molecule has 2 amide bonds. The quantitative estimate of drug-likeness (QED) is 0.754. The van der Waals surface area contributed by atoms with E-state index in [0.717, 1.165) is 23.7 Å². The van der Waals surface area contributed by atoms with Gasteiger partial charge in [-0.15, -0.1) is 29.3 Å². The largest absolute Gasteiger partial charge is 0.351 e. The molecule has 5 nitrogen and oxygen atoms in total. The van der Waals surface area contributed by atoms with Crippen LogP contribution < -0.4 is 10.2 Å². The number of anilines is 1. The highest BCUT2D eigenvalue weighted by molar-refractivity contribution is 7.16. The van der Waals surface area contributed by atoms with E-state index < -0.39 is 0 Å². The highest BCUT2D eigenvalue weighted by Gasteiger charge is 2.22. The van der Waals surface area contributed by atoms with Crippen LogP contribution in [0.2, 0.25) is 0 Å². The number of carbonyl (C=O) groups excluding carboxylic acids is 2. The fourth-order valence-electron chi connectivity index (χ4n) is 2.78. The fraction of sp³-hybridized carbons (Fsp3) is 0.389. The maximum atomic E-state index is 12.6. The number of carbonyl (C=O) groups is 2. The summed E-state index contributed by atoms with van der Waals surface area (Å²) in [5.74, 6) is -0.180. The van der Waals surface area contributed by atoms with Gasteiger partial charge < -0.3 is 5.32 Å². The lowest BCUT2D eigenvalue weighted by Gasteiger charge is -2.18. The Bertz CT molecular complexity index is 729. The summed E-state index contributed by atoms with van der Waals surface area (Å²) in [4.78, 5) is 32.8. The SMILES string of the molecule is C=CCN(C(=O)CCNC(=O)c1cccs1)c1nc2c(s1)CCCC2. The summed E-state index contributed by atoms with van der Waals surface area (Å²) < 4.78 is 0. The Labute approximate surface area is 155 Å². The van der Waals surface area contributed by atoms with E-state index in [-0.39, 0.29) is 18.2 Å². The number of amides is 2. The maximum Gasteiger partial charge on any atom is 0.261 e. The molecule has 2 aromatic heterocycles. The number of rotatable bonds is 7. The molecule has 0 saturated carbocycles. The molecule has 3 rings (SSSR count). The van der Waals surface area contributed by atoms with Crippen molar-refractivity contribution in [3.8, 4) is 0 Å². The number of aromatic nitrogens is 1. The van der Waals surface area contributed by atoms with Gasteiger partial charge in [-0.3, -0.25) is 14.5 Å². The first-order valence-corrected chi connectivity index (χ1v) is 10.1. The summed E-state index contributed by atoms with van der Waals surface area (Å²) in [6, 6.07) is 3.60. The van der Waals surface area contributed by atoms with E-state index in [1.807, 2.05) is 11.4 Å². The summed E-state index contributed by atoms with van der Waals surface area (Å²) in [6.45, 7) is 4.50. The molecule has 132 valence electrons. The van der Waals surface area contributed by atoms with Crippen molar-refractivity contribution in [2.24, 2.45) is 0 Å². The summed E-state index contributed by atoms with van der Waals surface area (Å²) in [5.41, 5.74) is 1.14.